The van der Waals surface area contributed by atoms with Crippen LogP contribution < -0.4 is 5.32 Å². The van der Waals surface area contributed by atoms with Gasteiger partial charge in [-0.25, -0.2) is 4.98 Å². The summed E-state index contributed by atoms with van der Waals surface area (Å²) in [4.78, 5) is 5.07. The molecule has 3 heterocycles. The maximum atomic E-state index is 9.13. The van der Waals surface area contributed by atoms with Gasteiger partial charge in [-0.05, 0) is 48.9 Å². The maximum Gasteiger partial charge on any atom is 0.170 e. The summed E-state index contributed by atoms with van der Waals surface area (Å²) in [5, 5.41) is 22.0. The molecule has 0 saturated heterocycles. The van der Waals surface area contributed by atoms with E-state index in [9.17, 15) is 0 Å². The Morgan fingerprint density at radius 1 is 1.00 bits per heavy atom. The van der Waals surface area contributed by atoms with Gasteiger partial charge >= 0.3 is 0 Å². The van der Waals surface area contributed by atoms with Crippen molar-refractivity contribution in [3.05, 3.63) is 96.1 Å². The van der Waals surface area contributed by atoms with E-state index in [2.05, 4.69) is 58.0 Å². The Morgan fingerprint density at radius 2 is 1.79 bits per heavy atom. The number of hydrogen-bond donors (Lipinski definition) is 2. The molecular formula is C27H25N5O. The fourth-order valence-corrected chi connectivity index (χ4v) is 3.94. The van der Waals surface area contributed by atoms with Crippen LogP contribution in [-0.2, 0) is 6.54 Å². The van der Waals surface area contributed by atoms with Crippen molar-refractivity contribution in [3.8, 4) is 22.4 Å². The molecule has 0 spiro atoms. The first-order chi connectivity index (χ1) is 16.1. The lowest BCUT2D eigenvalue weighted by Crippen LogP contribution is -2.06. The zero-order valence-corrected chi connectivity index (χ0v) is 18.7. The molecule has 2 aromatic carbocycles. The van der Waals surface area contributed by atoms with Crippen molar-refractivity contribution in [2.75, 3.05) is 6.61 Å². The van der Waals surface area contributed by atoms with Crippen molar-refractivity contribution in [1.82, 2.24) is 24.9 Å². The van der Waals surface area contributed by atoms with Crippen LogP contribution in [0.4, 0.5) is 0 Å². The summed E-state index contributed by atoms with van der Waals surface area (Å²) in [6.07, 6.45) is 3.82. The molecule has 0 radical (unpaired) electrons. The third kappa shape index (κ3) is 4.08. The molecule has 0 atom stereocenters. The number of aliphatic hydroxyl groups is 1. The van der Waals surface area contributed by atoms with E-state index in [0.29, 0.717) is 6.54 Å². The molecule has 0 aliphatic heterocycles. The molecule has 5 rings (SSSR count). The van der Waals surface area contributed by atoms with E-state index < -0.39 is 0 Å². The Labute approximate surface area is 192 Å². The van der Waals surface area contributed by atoms with Gasteiger partial charge in [-0.2, -0.15) is 0 Å². The first-order valence-corrected chi connectivity index (χ1v) is 10.9. The zero-order chi connectivity index (χ0) is 22.8. The van der Waals surface area contributed by atoms with Crippen LogP contribution in [-0.4, -0.2) is 31.3 Å². The zero-order valence-electron chi connectivity index (χ0n) is 18.7. The summed E-state index contributed by atoms with van der Waals surface area (Å²) in [7, 11) is 0. The number of aryl methyl sites for hydroxylation is 1. The van der Waals surface area contributed by atoms with Crippen LogP contribution in [0.15, 0.2) is 84.7 Å². The van der Waals surface area contributed by atoms with Crippen LogP contribution in [0.3, 0.4) is 0 Å². The van der Waals surface area contributed by atoms with Crippen molar-refractivity contribution < 1.29 is 5.11 Å². The summed E-state index contributed by atoms with van der Waals surface area (Å²) in [5.74, 6) is 0.852. The fraction of sp³-hybridized carbons (Fsp3) is 0.148. The minimum Gasteiger partial charge on any atom is -0.392 e. The van der Waals surface area contributed by atoms with Crippen LogP contribution >= 0.6 is 0 Å². The highest BCUT2D eigenvalue weighted by molar-refractivity contribution is 5.98. The lowest BCUT2D eigenvalue weighted by molar-refractivity contribution is 0.330. The highest BCUT2D eigenvalue weighted by atomic mass is 16.3. The predicted octanol–water partition coefficient (Wildman–Crippen LogP) is 4.91. The minimum absolute atomic E-state index is 0.0581. The predicted molar refractivity (Wildman–Crippen MR) is 132 cm³/mol. The van der Waals surface area contributed by atoms with Gasteiger partial charge in [0.2, 0.25) is 0 Å². The Morgan fingerprint density at radius 3 is 2.55 bits per heavy atom. The molecule has 2 N–H and O–H groups in total. The normalized spacial score (nSPS) is 11.9. The second kappa shape index (κ2) is 8.84. The maximum absolute atomic E-state index is 9.13. The van der Waals surface area contributed by atoms with Crippen molar-refractivity contribution in [2.24, 2.45) is 0 Å². The van der Waals surface area contributed by atoms with Crippen molar-refractivity contribution in [1.29, 1.82) is 0 Å². The first-order valence-electron chi connectivity index (χ1n) is 10.9. The van der Waals surface area contributed by atoms with Crippen LogP contribution in [0.25, 0.3) is 38.9 Å². The third-order valence-corrected chi connectivity index (χ3v) is 5.76. The van der Waals surface area contributed by atoms with Gasteiger partial charge in [0, 0.05) is 29.3 Å². The number of fused-ring (bicyclic) bond motifs is 3. The second-order valence-electron chi connectivity index (χ2n) is 8.17. The summed E-state index contributed by atoms with van der Waals surface area (Å²) < 4.78 is 1.99. The van der Waals surface area contributed by atoms with E-state index >= 15 is 0 Å². The monoisotopic (exact) mass is 435 g/mol. The number of aromatic nitrogens is 4. The SMILES string of the molecule is C/C(=C\NCc1ccc(-c2nc3ccn4c(C)nnc4c3cc2-c2ccccc2)cc1)CO. The number of aliphatic hydroxyl groups excluding tert-OH is 1. The molecule has 0 bridgehead atoms. The molecule has 0 aliphatic rings. The topological polar surface area (TPSA) is 75.3 Å². The molecule has 3 aromatic heterocycles. The van der Waals surface area contributed by atoms with E-state index in [-0.39, 0.29) is 6.61 Å². The lowest BCUT2D eigenvalue weighted by Gasteiger charge is -2.13. The van der Waals surface area contributed by atoms with Gasteiger partial charge in [-0.3, -0.25) is 4.40 Å². The molecule has 0 unspecified atom stereocenters. The molecule has 5 aromatic rings. The van der Waals surface area contributed by atoms with Gasteiger partial charge in [0.05, 0.1) is 17.8 Å². The minimum atomic E-state index is 0.0581. The number of pyridine rings is 2. The van der Waals surface area contributed by atoms with Crippen molar-refractivity contribution in [2.45, 2.75) is 20.4 Å². The Hall–Kier alpha value is -4.03. The quantitative estimate of drug-likeness (QED) is 0.397. The largest absolute Gasteiger partial charge is 0.392 e. The van der Waals surface area contributed by atoms with Crippen molar-refractivity contribution in [3.63, 3.8) is 0 Å². The Kier molecular flexibility index (Phi) is 5.59. The summed E-state index contributed by atoms with van der Waals surface area (Å²) >= 11 is 0. The van der Waals surface area contributed by atoms with E-state index in [1.807, 2.05) is 54.9 Å². The Balaban J connectivity index is 1.60. The van der Waals surface area contributed by atoms with Gasteiger partial charge < -0.3 is 10.4 Å². The molecule has 6 heteroatoms. The average molecular weight is 436 g/mol. The standard InChI is InChI=1S/C27H25N5O/c1-18(17-33)15-28-16-20-8-10-22(11-9-20)26-23(21-6-4-3-5-7-21)14-24-25(29-26)12-13-32-19(2)30-31-27(24)32/h3-15,28,33H,16-17H2,1-2H3/b18-15+. The molecular weight excluding hydrogens is 410 g/mol. The van der Waals surface area contributed by atoms with Gasteiger partial charge in [0.25, 0.3) is 0 Å². The number of rotatable bonds is 6. The van der Waals surface area contributed by atoms with E-state index in [1.165, 1.54) is 0 Å². The van der Waals surface area contributed by atoms with Gasteiger partial charge in [-0.1, -0.05) is 54.6 Å². The van der Waals surface area contributed by atoms with Crippen LogP contribution in [0.2, 0.25) is 0 Å². The third-order valence-electron chi connectivity index (χ3n) is 5.76. The fourth-order valence-electron chi connectivity index (χ4n) is 3.94. The van der Waals surface area contributed by atoms with Gasteiger partial charge in [0.15, 0.2) is 5.65 Å². The van der Waals surface area contributed by atoms with Crippen LogP contribution in [0, 0.1) is 6.92 Å². The molecule has 33 heavy (non-hydrogen) atoms. The van der Waals surface area contributed by atoms with E-state index in [4.69, 9.17) is 10.1 Å². The molecule has 0 fully saturated rings. The number of nitrogens with zero attached hydrogens (tertiary/aromatic N) is 4. The molecule has 0 saturated carbocycles. The Bertz CT molecular complexity index is 1450. The molecule has 0 amide bonds. The average Bonchev–Trinajstić information content (AvgIpc) is 3.25. The highest BCUT2D eigenvalue weighted by Gasteiger charge is 2.14. The number of nitrogens with one attached hydrogen (secondary N) is 1. The van der Waals surface area contributed by atoms with Crippen LogP contribution in [0.1, 0.15) is 18.3 Å². The van der Waals surface area contributed by atoms with Crippen molar-refractivity contribution >= 4 is 16.6 Å². The second-order valence-corrected chi connectivity index (χ2v) is 8.17. The summed E-state index contributed by atoms with van der Waals surface area (Å²) in [5.41, 5.74) is 7.91. The summed E-state index contributed by atoms with van der Waals surface area (Å²) in [6.45, 7) is 4.59. The molecule has 164 valence electrons. The van der Waals surface area contributed by atoms with Crippen LogP contribution in [0.5, 0.6) is 0 Å². The molecule has 0 aliphatic carbocycles. The highest BCUT2D eigenvalue weighted by Crippen LogP contribution is 2.34. The van der Waals surface area contributed by atoms with E-state index in [1.54, 1.807) is 0 Å². The lowest BCUT2D eigenvalue weighted by atomic mass is 9.97. The van der Waals surface area contributed by atoms with Gasteiger partial charge in [0.1, 0.15) is 5.82 Å². The smallest absolute Gasteiger partial charge is 0.170 e. The number of benzene rings is 2. The number of hydrogen-bond acceptors (Lipinski definition) is 5. The van der Waals surface area contributed by atoms with Gasteiger partial charge in [-0.15, -0.1) is 10.2 Å². The molecule has 6 nitrogen and oxygen atoms in total. The first kappa shape index (κ1) is 20.8. The summed E-state index contributed by atoms with van der Waals surface area (Å²) in [6, 6.07) is 23.0. The van der Waals surface area contributed by atoms with E-state index in [0.717, 1.165) is 55.9 Å².